The smallest absolute Gasteiger partial charge is 0.343 e. The summed E-state index contributed by atoms with van der Waals surface area (Å²) in [7, 11) is 2.74. The van der Waals surface area contributed by atoms with Crippen LogP contribution in [0.25, 0.3) is 6.08 Å². The van der Waals surface area contributed by atoms with E-state index in [2.05, 4.69) is 15.4 Å². The lowest BCUT2D eigenvalue weighted by Crippen LogP contribution is -2.38. The van der Waals surface area contributed by atoms with E-state index in [-0.39, 0.29) is 12.3 Å². The zero-order valence-corrected chi connectivity index (χ0v) is 22.3. The predicted molar refractivity (Wildman–Crippen MR) is 139 cm³/mol. The van der Waals surface area contributed by atoms with Gasteiger partial charge in [-0.05, 0) is 81.1 Å². The molecule has 2 N–H and O–H groups in total. The standard InChI is InChI=1S/C22H19I2N3O7/c1-32-17-6-4-3-5-15(17)25-18(28)10-27-21(30)16(26-22(27)31)9-12-7-13(23)20(14(24)8-12)34-11-19(29)33-2/h3-9H,10-11H2,1-2H3,(H,25,28)(H,26,31)/b16-9+. The highest BCUT2D eigenvalue weighted by Gasteiger charge is 2.35. The number of urea groups is 1. The summed E-state index contributed by atoms with van der Waals surface area (Å²) in [6.07, 6.45) is 1.51. The fourth-order valence-corrected chi connectivity index (χ4v) is 5.08. The average Bonchev–Trinajstić information content (AvgIpc) is 3.05. The maximum absolute atomic E-state index is 12.8. The number of carbonyl (C=O) groups is 4. The number of rotatable bonds is 8. The van der Waals surface area contributed by atoms with Gasteiger partial charge in [-0.2, -0.15) is 0 Å². The number of hydrogen-bond acceptors (Lipinski definition) is 7. The summed E-state index contributed by atoms with van der Waals surface area (Å²) in [6.45, 7) is -0.696. The molecule has 0 aromatic heterocycles. The summed E-state index contributed by atoms with van der Waals surface area (Å²) in [5.41, 5.74) is 1.09. The SMILES string of the molecule is COC(=O)COc1c(I)cc(/C=C2/NC(=O)N(CC(=O)Nc3ccccc3OC)C2=O)cc1I. The molecule has 2 aromatic rings. The molecule has 2 aromatic carbocycles. The Morgan fingerprint density at radius 2 is 1.79 bits per heavy atom. The second-order valence-corrected chi connectivity index (χ2v) is 9.13. The lowest BCUT2D eigenvalue weighted by atomic mass is 10.2. The van der Waals surface area contributed by atoms with Crippen LogP contribution >= 0.6 is 45.2 Å². The van der Waals surface area contributed by atoms with Crippen molar-refractivity contribution in [1.29, 1.82) is 0 Å². The third-order valence-corrected chi connectivity index (χ3v) is 6.14. The van der Waals surface area contributed by atoms with E-state index in [1.165, 1.54) is 20.3 Å². The largest absolute Gasteiger partial charge is 0.495 e. The summed E-state index contributed by atoms with van der Waals surface area (Å²) in [5, 5.41) is 5.12. The highest BCUT2D eigenvalue weighted by Crippen LogP contribution is 2.30. The summed E-state index contributed by atoms with van der Waals surface area (Å²) >= 11 is 4.09. The van der Waals surface area contributed by atoms with E-state index < -0.39 is 30.4 Å². The van der Waals surface area contributed by atoms with Crippen molar-refractivity contribution in [3.63, 3.8) is 0 Å². The highest BCUT2D eigenvalue weighted by atomic mass is 127. The van der Waals surface area contributed by atoms with Crippen LogP contribution in [-0.4, -0.2) is 56.1 Å². The van der Waals surface area contributed by atoms with Crippen LogP contribution in [0, 0.1) is 7.14 Å². The van der Waals surface area contributed by atoms with Gasteiger partial charge >= 0.3 is 12.0 Å². The Morgan fingerprint density at radius 1 is 1.12 bits per heavy atom. The summed E-state index contributed by atoms with van der Waals surface area (Å²) < 4.78 is 16.7. The van der Waals surface area contributed by atoms with Crippen LogP contribution in [0.4, 0.5) is 10.5 Å². The van der Waals surface area contributed by atoms with Crippen molar-refractivity contribution in [2.24, 2.45) is 0 Å². The maximum atomic E-state index is 12.8. The van der Waals surface area contributed by atoms with Crippen molar-refractivity contribution < 1.29 is 33.4 Å². The number of methoxy groups -OCH3 is 2. The molecule has 10 nitrogen and oxygen atoms in total. The zero-order chi connectivity index (χ0) is 24.8. The second-order valence-electron chi connectivity index (χ2n) is 6.81. The topological polar surface area (TPSA) is 123 Å². The molecule has 0 spiro atoms. The number of carbonyl (C=O) groups excluding carboxylic acids is 4. The maximum Gasteiger partial charge on any atom is 0.343 e. The Morgan fingerprint density at radius 3 is 2.44 bits per heavy atom. The summed E-state index contributed by atoms with van der Waals surface area (Å²) in [5.74, 6) is -0.726. The molecular formula is C22H19I2N3O7. The number of para-hydroxylation sites is 2. The van der Waals surface area contributed by atoms with E-state index in [9.17, 15) is 19.2 Å². The predicted octanol–water partition coefficient (Wildman–Crippen LogP) is 2.99. The van der Waals surface area contributed by atoms with E-state index in [4.69, 9.17) is 9.47 Å². The number of ether oxygens (including phenoxy) is 3. The molecule has 0 saturated carbocycles. The monoisotopic (exact) mass is 691 g/mol. The first-order valence-corrected chi connectivity index (χ1v) is 11.8. The highest BCUT2D eigenvalue weighted by molar-refractivity contribution is 14.1. The van der Waals surface area contributed by atoms with Crippen molar-refractivity contribution >= 4 is 80.8 Å². The molecule has 1 saturated heterocycles. The Kier molecular flexibility index (Phi) is 8.71. The molecule has 34 heavy (non-hydrogen) atoms. The number of hydrogen-bond donors (Lipinski definition) is 2. The van der Waals surface area contributed by atoms with E-state index in [1.54, 1.807) is 36.4 Å². The number of nitrogens with one attached hydrogen (secondary N) is 2. The number of amides is 4. The molecule has 1 aliphatic heterocycles. The fourth-order valence-electron chi connectivity index (χ4n) is 2.95. The van der Waals surface area contributed by atoms with Crippen LogP contribution in [0.2, 0.25) is 0 Å². The van der Waals surface area contributed by atoms with Crippen LogP contribution in [0.3, 0.4) is 0 Å². The van der Waals surface area contributed by atoms with Crippen LogP contribution in [-0.2, 0) is 19.1 Å². The number of nitrogens with zero attached hydrogens (tertiary/aromatic N) is 1. The van der Waals surface area contributed by atoms with Gasteiger partial charge in [0.05, 0.1) is 27.0 Å². The minimum atomic E-state index is -0.700. The third kappa shape index (κ3) is 6.16. The molecule has 0 radical (unpaired) electrons. The van der Waals surface area contributed by atoms with E-state index in [0.29, 0.717) is 29.9 Å². The van der Waals surface area contributed by atoms with Gasteiger partial charge in [0.2, 0.25) is 5.91 Å². The Labute approximate surface area is 222 Å². The summed E-state index contributed by atoms with van der Waals surface area (Å²) in [4.78, 5) is 49.7. The van der Waals surface area contributed by atoms with Crippen LogP contribution in [0.15, 0.2) is 42.1 Å². The average molecular weight is 691 g/mol. The minimum absolute atomic E-state index is 0.0323. The lowest BCUT2D eigenvalue weighted by molar-refractivity contribution is -0.143. The Bertz CT molecular complexity index is 1160. The van der Waals surface area contributed by atoms with Crippen molar-refractivity contribution in [1.82, 2.24) is 10.2 Å². The van der Waals surface area contributed by atoms with Crippen molar-refractivity contribution in [2.75, 3.05) is 32.7 Å². The van der Waals surface area contributed by atoms with Gasteiger partial charge in [0.15, 0.2) is 6.61 Å². The van der Waals surface area contributed by atoms with Crippen molar-refractivity contribution in [3.05, 3.63) is 54.8 Å². The van der Waals surface area contributed by atoms with E-state index >= 15 is 0 Å². The molecule has 0 unspecified atom stereocenters. The van der Waals surface area contributed by atoms with E-state index in [1.807, 2.05) is 45.2 Å². The number of anilines is 1. The molecule has 1 aliphatic rings. The van der Waals surface area contributed by atoms with Gasteiger partial charge in [-0.3, -0.25) is 9.59 Å². The molecule has 0 aliphatic carbocycles. The minimum Gasteiger partial charge on any atom is -0.495 e. The number of benzene rings is 2. The molecular weight excluding hydrogens is 672 g/mol. The van der Waals surface area contributed by atoms with Gasteiger partial charge in [0, 0.05) is 0 Å². The third-order valence-electron chi connectivity index (χ3n) is 4.54. The quantitative estimate of drug-likeness (QED) is 0.189. The Hall–Kier alpha value is -2.88. The van der Waals surface area contributed by atoms with Gasteiger partial charge in [0.25, 0.3) is 5.91 Å². The molecule has 3 rings (SSSR count). The molecule has 0 atom stereocenters. The van der Waals surface area contributed by atoms with E-state index in [0.717, 1.165) is 4.90 Å². The molecule has 178 valence electrons. The first-order valence-electron chi connectivity index (χ1n) is 9.69. The number of imide groups is 1. The molecule has 4 amide bonds. The van der Waals surface area contributed by atoms with Crippen LogP contribution in [0.5, 0.6) is 11.5 Å². The van der Waals surface area contributed by atoms with Gasteiger partial charge in [-0.15, -0.1) is 0 Å². The lowest BCUT2D eigenvalue weighted by Gasteiger charge is -2.13. The summed E-state index contributed by atoms with van der Waals surface area (Å²) in [6, 6.07) is 9.57. The molecule has 12 heteroatoms. The number of halogens is 2. The normalized spacial score (nSPS) is 14.1. The fraction of sp³-hybridized carbons (Fsp3) is 0.182. The van der Waals surface area contributed by atoms with Gasteiger partial charge in [0.1, 0.15) is 23.7 Å². The first kappa shape index (κ1) is 25.7. The van der Waals surface area contributed by atoms with Gasteiger partial charge in [-0.1, -0.05) is 12.1 Å². The molecule has 1 fully saturated rings. The number of esters is 1. The van der Waals surface area contributed by atoms with Crippen LogP contribution in [0.1, 0.15) is 5.56 Å². The van der Waals surface area contributed by atoms with Crippen molar-refractivity contribution in [3.8, 4) is 11.5 Å². The molecule has 1 heterocycles. The van der Waals surface area contributed by atoms with Crippen LogP contribution < -0.4 is 20.1 Å². The zero-order valence-electron chi connectivity index (χ0n) is 18.0. The Balaban J connectivity index is 1.72. The first-order chi connectivity index (χ1) is 16.2. The van der Waals surface area contributed by atoms with Gasteiger partial charge in [-0.25, -0.2) is 14.5 Å². The second kappa shape index (κ2) is 11.5. The molecule has 0 bridgehead atoms. The van der Waals surface area contributed by atoms with Crippen molar-refractivity contribution in [2.45, 2.75) is 0 Å². The van der Waals surface area contributed by atoms with Gasteiger partial charge < -0.3 is 24.8 Å².